The molecule has 2 aromatic carbocycles. The van der Waals surface area contributed by atoms with Gasteiger partial charge in [-0.15, -0.1) is 22.7 Å². The first-order chi connectivity index (χ1) is 17.9. The summed E-state index contributed by atoms with van der Waals surface area (Å²) in [5, 5.41) is 3.51. The maximum absolute atomic E-state index is 13.5. The SMILES string of the molecule is O=C1CC(N(Cc2cccs2)S(=O)(=O)c2cccs2)C(=O)N1c1ccc(-c2nc3ccccc3o2)cc1. The Balaban J connectivity index is 1.30. The second kappa shape index (κ2) is 9.34. The van der Waals surface area contributed by atoms with Gasteiger partial charge >= 0.3 is 0 Å². The van der Waals surface area contributed by atoms with E-state index in [1.807, 2.05) is 41.8 Å². The van der Waals surface area contributed by atoms with E-state index in [0.717, 1.165) is 30.9 Å². The van der Waals surface area contributed by atoms with Crippen LogP contribution in [-0.2, 0) is 26.2 Å². The fourth-order valence-electron chi connectivity index (χ4n) is 4.31. The molecule has 0 N–H and O–H groups in total. The zero-order chi connectivity index (χ0) is 25.6. The van der Waals surface area contributed by atoms with Gasteiger partial charge in [0.25, 0.3) is 15.9 Å². The lowest BCUT2D eigenvalue weighted by atomic mass is 10.2. The number of aromatic nitrogens is 1. The molecular formula is C26H19N3O5S3. The quantitative estimate of drug-likeness (QED) is 0.261. The Bertz CT molecular complexity index is 1660. The number of hydrogen-bond donors (Lipinski definition) is 0. The van der Waals surface area contributed by atoms with E-state index >= 15 is 0 Å². The molecule has 186 valence electrons. The zero-order valence-electron chi connectivity index (χ0n) is 19.2. The van der Waals surface area contributed by atoms with Crippen LogP contribution in [0.1, 0.15) is 11.3 Å². The lowest BCUT2D eigenvalue weighted by molar-refractivity contribution is -0.122. The van der Waals surface area contributed by atoms with Crippen molar-refractivity contribution in [3.8, 4) is 11.5 Å². The molecule has 0 bridgehead atoms. The number of sulfonamides is 1. The molecule has 1 aliphatic rings. The Morgan fingerprint density at radius 1 is 0.946 bits per heavy atom. The van der Waals surface area contributed by atoms with E-state index in [1.165, 1.54) is 17.4 Å². The van der Waals surface area contributed by atoms with Gasteiger partial charge in [0.2, 0.25) is 11.8 Å². The number of para-hydroxylation sites is 2. The number of oxazole rings is 1. The van der Waals surface area contributed by atoms with Crippen LogP contribution in [0.3, 0.4) is 0 Å². The van der Waals surface area contributed by atoms with E-state index in [2.05, 4.69) is 4.98 Å². The van der Waals surface area contributed by atoms with Crippen molar-refractivity contribution in [2.24, 2.45) is 0 Å². The molecular weight excluding hydrogens is 531 g/mol. The van der Waals surface area contributed by atoms with E-state index in [-0.39, 0.29) is 17.2 Å². The fraction of sp³-hybridized carbons (Fsp3) is 0.115. The third kappa shape index (κ3) is 4.29. The first-order valence-electron chi connectivity index (χ1n) is 11.3. The maximum atomic E-state index is 13.5. The summed E-state index contributed by atoms with van der Waals surface area (Å²) in [6.45, 7) is 0.00604. The molecule has 11 heteroatoms. The third-order valence-electron chi connectivity index (χ3n) is 6.09. The van der Waals surface area contributed by atoms with E-state index in [0.29, 0.717) is 22.7 Å². The summed E-state index contributed by atoms with van der Waals surface area (Å²) in [5.41, 5.74) is 2.44. The van der Waals surface area contributed by atoms with Crippen molar-refractivity contribution in [2.45, 2.75) is 23.2 Å². The number of carbonyl (C=O) groups is 2. The highest BCUT2D eigenvalue weighted by Gasteiger charge is 2.47. The smallest absolute Gasteiger partial charge is 0.253 e. The van der Waals surface area contributed by atoms with Crippen LogP contribution < -0.4 is 4.90 Å². The van der Waals surface area contributed by atoms with Crippen molar-refractivity contribution in [1.82, 2.24) is 9.29 Å². The Morgan fingerprint density at radius 3 is 2.41 bits per heavy atom. The van der Waals surface area contributed by atoms with Crippen molar-refractivity contribution in [2.75, 3.05) is 4.90 Å². The van der Waals surface area contributed by atoms with Crippen LogP contribution in [0.25, 0.3) is 22.6 Å². The van der Waals surface area contributed by atoms with E-state index in [4.69, 9.17) is 4.42 Å². The molecule has 0 saturated carbocycles. The third-order valence-corrected chi connectivity index (χ3v) is 10.2. The number of thiophene rings is 2. The summed E-state index contributed by atoms with van der Waals surface area (Å²) in [6, 6.07) is 19.8. The van der Waals surface area contributed by atoms with Crippen molar-refractivity contribution in [1.29, 1.82) is 0 Å². The number of fused-ring (bicyclic) bond motifs is 1. The van der Waals surface area contributed by atoms with Crippen LogP contribution in [0.15, 0.2) is 92.2 Å². The number of rotatable bonds is 7. The second-order valence-electron chi connectivity index (χ2n) is 8.38. The van der Waals surface area contributed by atoms with Crippen LogP contribution in [0.4, 0.5) is 5.69 Å². The van der Waals surface area contributed by atoms with Crippen LogP contribution >= 0.6 is 22.7 Å². The Kier molecular flexibility index (Phi) is 6.00. The van der Waals surface area contributed by atoms with Crippen LogP contribution in [0.5, 0.6) is 0 Å². The van der Waals surface area contributed by atoms with E-state index in [1.54, 1.807) is 35.7 Å². The minimum atomic E-state index is -4.00. The molecule has 3 aromatic heterocycles. The molecule has 1 aliphatic heterocycles. The maximum Gasteiger partial charge on any atom is 0.253 e. The number of carbonyl (C=O) groups excluding carboxylic acids is 2. The predicted octanol–water partition coefficient (Wildman–Crippen LogP) is 5.14. The number of nitrogens with zero attached hydrogens (tertiary/aromatic N) is 3. The standard InChI is InChI=1S/C26H19N3O5S3/c30-23-15-21(28(16-19-5-3-13-35-19)37(32,33)24-8-4-14-36-24)26(31)29(23)18-11-9-17(10-12-18)25-27-20-6-1-2-7-22(20)34-25/h1-14,21H,15-16H2. The molecule has 0 spiro atoms. The first-order valence-corrected chi connectivity index (χ1v) is 14.5. The predicted molar refractivity (Wildman–Crippen MR) is 142 cm³/mol. The van der Waals surface area contributed by atoms with Gasteiger partial charge in [-0.25, -0.2) is 18.3 Å². The Hall–Kier alpha value is -3.64. The topological polar surface area (TPSA) is 101 Å². The molecule has 1 unspecified atom stereocenters. The average Bonchev–Trinajstić information content (AvgIpc) is 3.70. The molecule has 37 heavy (non-hydrogen) atoms. The number of anilines is 1. The highest BCUT2D eigenvalue weighted by Crippen LogP contribution is 2.33. The molecule has 2 amide bonds. The molecule has 1 atom stereocenters. The van der Waals surface area contributed by atoms with Gasteiger partial charge in [-0.05, 0) is 59.3 Å². The number of benzene rings is 2. The Morgan fingerprint density at radius 2 is 1.70 bits per heavy atom. The van der Waals surface area contributed by atoms with Gasteiger partial charge in [0.05, 0.1) is 12.1 Å². The lowest BCUT2D eigenvalue weighted by Gasteiger charge is -2.25. The first kappa shape index (κ1) is 23.7. The summed E-state index contributed by atoms with van der Waals surface area (Å²) in [6.07, 6.45) is -0.234. The van der Waals surface area contributed by atoms with Gasteiger partial charge in [-0.1, -0.05) is 24.3 Å². The molecule has 0 aliphatic carbocycles. The van der Waals surface area contributed by atoms with E-state index < -0.39 is 27.9 Å². The van der Waals surface area contributed by atoms with Crippen molar-refractivity contribution in [3.63, 3.8) is 0 Å². The van der Waals surface area contributed by atoms with Gasteiger partial charge in [-0.2, -0.15) is 4.31 Å². The summed E-state index contributed by atoms with van der Waals surface area (Å²) in [7, 11) is -4.00. The van der Waals surface area contributed by atoms with E-state index in [9.17, 15) is 18.0 Å². The van der Waals surface area contributed by atoms with Crippen LogP contribution in [0.2, 0.25) is 0 Å². The molecule has 5 aromatic rings. The average molecular weight is 550 g/mol. The molecule has 1 saturated heterocycles. The monoisotopic (exact) mass is 549 g/mol. The van der Waals surface area contributed by atoms with Crippen molar-refractivity contribution >= 4 is 61.3 Å². The van der Waals surface area contributed by atoms with Gasteiger partial charge in [0.1, 0.15) is 15.8 Å². The van der Waals surface area contributed by atoms with Crippen LogP contribution in [-0.4, -0.2) is 35.6 Å². The number of imide groups is 1. The molecule has 1 fully saturated rings. The zero-order valence-corrected chi connectivity index (χ0v) is 21.6. The van der Waals surface area contributed by atoms with Gasteiger partial charge < -0.3 is 4.42 Å². The van der Waals surface area contributed by atoms with Gasteiger partial charge in [0.15, 0.2) is 5.58 Å². The highest BCUT2D eigenvalue weighted by atomic mass is 32.2. The minimum Gasteiger partial charge on any atom is -0.436 e. The normalized spacial score (nSPS) is 16.4. The summed E-state index contributed by atoms with van der Waals surface area (Å²) >= 11 is 2.47. The minimum absolute atomic E-state index is 0.00604. The largest absolute Gasteiger partial charge is 0.436 e. The van der Waals surface area contributed by atoms with Crippen LogP contribution in [0, 0.1) is 0 Å². The fourth-order valence-corrected chi connectivity index (χ4v) is 7.77. The summed E-state index contributed by atoms with van der Waals surface area (Å²) in [5.74, 6) is -0.604. The van der Waals surface area contributed by atoms with Crippen molar-refractivity contribution < 1.29 is 22.4 Å². The van der Waals surface area contributed by atoms with Crippen molar-refractivity contribution in [3.05, 3.63) is 88.4 Å². The second-order valence-corrected chi connectivity index (χ2v) is 12.5. The Labute approximate surface area is 220 Å². The highest BCUT2D eigenvalue weighted by molar-refractivity contribution is 7.91. The van der Waals surface area contributed by atoms with Gasteiger partial charge in [0, 0.05) is 17.0 Å². The number of amides is 2. The lowest BCUT2D eigenvalue weighted by Crippen LogP contribution is -2.44. The van der Waals surface area contributed by atoms with Gasteiger partial charge in [-0.3, -0.25) is 9.59 Å². The molecule has 0 radical (unpaired) electrons. The molecule has 4 heterocycles. The molecule has 6 rings (SSSR count). The summed E-state index contributed by atoms with van der Waals surface area (Å²) < 4.78 is 34.1. The summed E-state index contributed by atoms with van der Waals surface area (Å²) in [4.78, 5) is 32.9. The number of hydrogen-bond acceptors (Lipinski definition) is 8. The molecule has 8 nitrogen and oxygen atoms in total.